The van der Waals surface area contributed by atoms with E-state index in [2.05, 4.69) is 5.32 Å². The number of hydrogen-bond donors (Lipinski definition) is 2. The summed E-state index contributed by atoms with van der Waals surface area (Å²) in [5, 5.41) is 22.6. The summed E-state index contributed by atoms with van der Waals surface area (Å²) in [7, 11) is 0. The predicted molar refractivity (Wildman–Crippen MR) is 80.1 cm³/mol. The van der Waals surface area contributed by atoms with E-state index < -0.39 is 29.4 Å². The predicted octanol–water partition coefficient (Wildman–Crippen LogP) is 2.26. The number of ketones is 1. The number of halogens is 1. The second-order valence-electron chi connectivity index (χ2n) is 6.35. The second kappa shape index (κ2) is 5.36. The molecule has 0 fully saturated rings. The maximum atomic E-state index is 13.9. The van der Waals surface area contributed by atoms with Crippen molar-refractivity contribution in [2.45, 2.75) is 44.4 Å². The molecule has 2 N–H and O–H groups in total. The van der Waals surface area contributed by atoms with E-state index in [1.165, 1.54) is 0 Å². The summed E-state index contributed by atoms with van der Waals surface area (Å²) in [5.74, 6) is -0.777. The van der Waals surface area contributed by atoms with E-state index in [1.54, 1.807) is 32.0 Å². The molecule has 3 rings (SSSR count). The van der Waals surface area contributed by atoms with E-state index in [1.807, 2.05) is 6.07 Å². The third-order valence-electron chi connectivity index (χ3n) is 4.32. The average Bonchev–Trinajstić information content (AvgIpc) is 2.83. The molecular formula is C17H17FN2O3. The molecule has 0 bridgehead atoms. The molecule has 5 nitrogen and oxygen atoms in total. The van der Waals surface area contributed by atoms with E-state index in [4.69, 9.17) is 10.00 Å². The van der Waals surface area contributed by atoms with Crippen LogP contribution < -0.4 is 10.1 Å². The number of aliphatic hydroxyl groups excluding tert-OH is 1. The molecule has 1 aromatic carbocycles. The molecule has 120 valence electrons. The van der Waals surface area contributed by atoms with Gasteiger partial charge >= 0.3 is 0 Å². The summed E-state index contributed by atoms with van der Waals surface area (Å²) in [6.07, 6.45) is -0.565. The molecule has 6 heteroatoms. The molecule has 1 heterocycles. The lowest BCUT2D eigenvalue weighted by Gasteiger charge is -2.42. The number of nitrogens with one attached hydrogen (secondary N) is 1. The molecule has 0 aromatic heterocycles. The molecule has 23 heavy (non-hydrogen) atoms. The van der Waals surface area contributed by atoms with E-state index in [9.17, 15) is 14.3 Å². The number of aliphatic hydroxyl groups is 1. The number of carbonyl (C=O) groups is 1. The molecule has 0 radical (unpaired) electrons. The van der Waals surface area contributed by atoms with Gasteiger partial charge in [-0.25, -0.2) is 4.39 Å². The van der Waals surface area contributed by atoms with Gasteiger partial charge in [-0.1, -0.05) is 0 Å². The van der Waals surface area contributed by atoms with Gasteiger partial charge in [0.15, 0.2) is 11.6 Å². The van der Waals surface area contributed by atoms with Crippen LogP contribution in [0.3, 0.4) is 0 Å². The highest BCUT2D eigenvalue weighted by molar-refractivity contribution is 5.96. The lowest BCUT2D eigenvalue weighted by molar-refractivity contribution is -0.116. The van der Waals surface area contributed by atoms with Crippen molar-refractivity contribution in [2.75, 3.05) is 0 Å². The van der Waals surface area contributed by atoms with Crippen LogP contribution in [-0.4, -0.2) is 22.6 Å². The van der Waals surface area contributed by atoms with Crippen molar-refractivity contribution in [3.05, 3.63) is 40.8 Å². The van der Waals surface area contributed by atoms with Gasteiger partial charge in [-0.2, -0.15) is 5.26 Å². The summed E-state index contributed by atoms with van der Waals surface area (Å²) >= 11 is 0. The van der Waals surface area contributed by atoms with Crippen molar-refractivity contribution in [2.24, 2.45) is 0 Å². The Morgan fingerprint density at radius 3 is 2.78 bits per heavy atom. The van der Waals surface area contributed by atoms with Crippen LogP contribution in [0.15, 0.2) is 29.7 Å². The second-order valence-corrected chi connectivity index (χ2v) is 6.35. The molecule has 1 aliphatic carbocycles. The third kappa shape index (κ3) is 2.57. The number of Topliss-reactive ketones (excluding diaryl/α,β-unsaturated/α-hetero) is 1. The summed E-state index contributed by atoms with van der Waals surface area (Å²) in [6, 6.07) is 6.29. The van der Waals surface area contributed by atoms with Gasteiger partial charge in [0.05, 0.1) is 23.4 Å². The van der Waals surface area contributed by atoms with Crippen LogP contribution in [0, 0.1) is 11.3 Å². The van der Waals surface area contributed by atoms with Crippen LogP contribution in [0.4, 0.5) is 4.39 Å². The normalized spacial score (nSPS) is 25.6. The summed E-state index contributed by atoms with van der Waals surface area (Å²) in [4.78, 5) is 11.4. The van der Waals surface area contributed by atoms with Crippen LogP contribution in [0.25, 0.3) is 0 Å². The fourth-order valence-electron chi connectivity index (χ4n) is 2.98. The van der Waals surface area contributed by atoms with E-state index >= 15 is 0 Å². The first kappa shape index (κ1) is 15.5. The third-order valence-corrected chi connectivity index (χ3v) is 4.32. The summed E-state index contributed by atoms with van der Waals surface area (Å²) in [6.45, 7) is 3.47. The van der Waals surface area contributed by atoms with Crippen molar-refractivity contribution in [3.63, 3.8) is 0 Å². The van der Waals surface area contributed by atoms with E-state index in [0.717, 1.165) is 0 Å². The first-order valence-corrected chi connectivity index (χ1v) is 7.43. The Kier molecular flexibility index (Phi) is 3.61. The zero-order chi connectivity index (χ0) is 16.8. The Morgan fingerprint density at radius 1 is 1.43 bits per heavy atom. The van der Waals surface area contributed by atoms with E-state index in [0.29, 0.717) is 16.9 Å². The fourth-order valence-corrected chi connectivity index (χ4v) is 2.98. The monoisotopic (exact) mass is 316 g/mol. The maximum Gasteiger partial charge on any atom is 0.193 e. The summed E-state index contributed by atoms with van der Waals surface area (Å²) < 4.78 is 19.7. The average molecular weight is 316 g/mol. The van der Waals surface area contributed by atoms with Crippen molar-refractivity contribution in [1.29, 1.82) is 5.26 Å². The number of allylic oxidation sites excluding steroid dienone is 2. The van der Waals surface area contributed by atoms with Gasteiger partial charge in [0.1, 0.15) is 17.5 Å². The van der Waals surface area contributed by atoms with Crippen LogP contribution >= 0.6 is 0 Å². The molecule has 0 unspecified atom stereocenters. The van der Waals surface area contributed by atoms with Gasteiger partial charge in [0, 0.05) is 12.0 Å². The number of benzene rings is 1. The highest BCUT2D eigenvalue weighted by atomic mass is 19.1. The molecule has 2 atom stereocenters. The van der Waals surface area contributed by atoms with Gasteiger partial charge in [0.2, 0.25) is 0 Å². The Balaban J connectivity index is 2.04. The summed E-state index contributed by atoms with van der Waals surface area (Å²) in [5.41, 5.74) is 0.307. The van der Waals surface area contributed by atoms with Gasteiger partial charge in [0.25, 0.3) is 0 Å². The Labute approximate surface area is 133 Å². The van der Waals surface area contributed by atoms with E-state index in [-0.39, 0.29) is 18.5 Å². The molecule has 0 amide bonds. The molecule has 0 saturated carbocycles. The van der Waals surface area contributed by atoms with Gasteiger partial charge in [-0.3, -0.25) is 4.79 Å². The van der Waals surface area contributed by atoms with Gasteiger partial charge < -0.3 is 15.2 Å². The quantitative estimate of drug-likeness (QED) is 0.874. The lowest BCUT2D eigenvalue weighted by atomic mass is 9.85. The topological polar surface area (TPSA) is 82.3 Å². The maximum absolute atomic E-state index is 13.9. The van der Waals surface area contributed by atoms with Crippen molar-refractivity contribution in [1.82, 2.24) is 5.32 Å². The van der Waals surface area contributed by atoms with Crippen LogP contribution in [0.2, 0.25) is 0 Å². The minimum absolute atomic E-state index is 0.127. The number of nitrogens with zero attached hydrogens (tertiary/aromatic N) is 1. The Morgan fingerprint density at radius 2 is 2.17 bits per heavy atom. The fraction of sp³-hybridized carbons (Fsp3) is 0.412. The number of nitriles is 1. The zero-order valence-corrected chi connectivity index (χ0v) is 12.9. The Bertz CT molecular complexity index is 749. The number of rotatable bonds is 2. The highest BCUT2D eigenvalue weighted by Crippen LogP contribution is 2.41. The van der Waals surface area contributed by atoms with Crippen LogP contribution in [-0.2, 0) is 4.79 Å². The molecule has 2 aliphatic rings. The molecule has 1 aromatic rings. The van der Waals surface area contributed by atoms with Crippen LogP contribution in [0.5, 0.6) is 5.75 Å². The lowest BCUT2D eigenvalue weighted by Crippen LogP contribution is -2.52. The van der Waals surface area contributed by atoms with Crippen molar-refractivity contribution >= 4 is 5.78 Å². The number of carbonyl (C=O) groups excluding carboxylic acids is 1. The van der Waals surface area contributed by atoms with Crippen molar-refractivity contribution < 1.29 is 19.0 Å². The van der Waals surface area contributed by atoms with Gasteiger partial charge in [-0.15, -0.1) is 0 Å². The number of ether oxygens (including phenoxy) is 1. The minimum atomic E-state index is -0.972. The number of hydrogen-bond acceptors (Lipinski definition) is 5. The van der Waals surface area contributed by atoms with Crippen LogP contribution in [0.1, 0.15) is 43.9 Å². The SMILES string of the molecule is CC1(C)Oc2ccc(C#N)cc2[C@@H](NC2=C(F)C(=O)CC2)[C@@H]1O. The molecule has 0 spiro atoms. The first-order chi connectivity index (χ1) is 10.8. The highest BCUT2D eigenvalue weighted by Gasteiger charge is 2.44. The molecule has 1 aliphatic heterocycles. The van der Waals surface area contributed by atoms with Crippen molar-refractivity contribution in [3.8, 4) is 11.8 Å². The van der Waals surface area contributed by atoms with Gasteiger partial charge in [-0.05, 0) is 38.5 Å². The molecular weight excluding hydrogens is 299 g/mol. The minimum Gasteiger partial charge on any atom is -0.485 e. The Hall–Kier alpha value is -2.39. The first-order valence-electron chi connectivity index (χ1n) is 7.43. The zero-order valence-electron chi connectivity index (χ0n) is 12.9. The largest absolute Gasteiger partial charge is 0.485 e. The smallest absolute Gasteiger partial charge is 0.193 e. The standard InChI is InChI=1S/C17H17FN2O3/c1-17(2)16(22)15(20-11-4-5-12(21)14(11)18)10-7-9(8-19)3-6-13(10)23-17/h3,6-7,15-16,20,22H,4-5H2,1-2H3/t15-,16+/m1/s1. The molecule has 0 saturated heterocycles. The number of fused-ring (bicyclic) bond motifs is 1.